The summed E-state index contributed by atoms with van der Waals surface area (Å²) < 4.78 is 30.2. The van der Waals surface area contributed by atoms with Crippen molar-refractivity contribution in [3.8, 4) is 11.8 Å². The minimum absolute atomic E-state index is 0.0362. The summed E-state index contributed by atoms with van der Waals surface area (Å²) in [6.45, 7) is 0.220. The van der Waals surface area contributed by atoms with E-state index in [1.54, 1.807) is 6.07 Å². The number of halogens is 1. The van der Waals surface area contributed by atoms with Crippen LogP contribution < -0.4 is 10.5 Å². The molecule has 0 radical (unpaired) electrons. The van der Waals surface area contributed by atoms with Crippen LogP contribution in [0.25, 0.3) is 0 Å². The Bertz CT molecular complexity index is 763. The molecule has 0 fully saturated rings. The second kappa shape index (κ2) is 6.19. The first-order valence-electron chi connectivity index (χ1n) is 5.31. The lowest BCUT2D eigenvalue weighted by molar-refractivity contribution is 0.601. The normalized spacial score (nSPS) is 10.7. The number of nitrogens with two attached hydrogens (primary N) is 1. The smallest absolute Gasteiger partial charge is 0.264 e. The third-order valence-electron chi connectivity index (χ3n) is 2.15. The first-order valence-corrected chi connectivity index (χ1v) is 7.95. The molecule has 20 heavy (non-hydrogen) atoms. The van der Waals surface area contributed by atoms with Crippen LogP contribution in [0.15, 0.2) is 29.3 Å². The van der Waals surface area contributed by atoms with Gasteiger partial charge in [0, 0.05) is 17.1 Å². The van der Waals surface area contributed by atoms with Crippen LogP contribution >= 0.6 is 23.1 Å². The molecule has 6 nitrogen and oxygen atoms in total. The molecule has 2 rings (SSSR count). The Morgan fingerprint density at radius 1 is 1.45 bits per heavy atom. The SMILES string of the molecule is NCC#Cc1ccc(S(=O)(=O)Nc2cnns2)c(Cl)c1. The van der Waals surface area contributed by atoms with E-state index in [-0.39, 0.29) is 16.5 Å². The standard InChI is InChI=1S/C11H9ClN4O2S2/c12-9-6-8(2-1-5-13)3-4-10(9)20(17,18)15-11-7-14-16-19-11/h3-4,6-7,15H,5,13H2. The Morgan fingerprint density at radius 2 is 2.25 bits per heavy atom. The average Bonchev–Trinajstić information content (AvgIpc) is 2.88. The summed E-state index contributed by atoms with van der Waals surface area (Å²) in [5.41, 5.74) is 5.86. The first kappa shape index (κ1) is 14.7. The van der Waals surface area contributed by atoms with Crippen LogP contribution in [-0.4, -0.2) is 24.5 Å². The van der Waals surface area contributed by atoms with Crippen molar-refractivity contribution in [2.45, 2.75) is 4.90 Å². The van der Waals surface area contributed by atoms with E-state index >= 15 is 0 Å². The molecule has 0 spiro atoms. The zero-order chi connectivity index (χ0) is 14.6. The molecule has 0 amide bonds. The van der Waals surface area contributed by atoms with E-state index < -0.39 is 10.0 Å². The highest BCUT2D eigenvalue weighted by molar-refractivity contribution is 7.93. The highest BCUT2D eigenvalue weighted by Gasteiger charge is 2.19. The molecule has 3 N–H and O–H groups in total. The Morgan fingerprint density at radius 3 is 2.85 bits per heavy atom. The molecule has 0 saturated heterocycles. The highest BCUT2D eigenvalue weighted by Crippen LogP contribution is 2.25. The average molecular weight is 329 g/mol. The van der Waals surface area contributed by atoms with Crippen molar-refractivity contribution in [1.29, 1.82) is 0 Å². The van der Waals surface area contributed by atoms with Crippen LogP contribution in [0.4, 0.5) is 5.00 Å². The lowest BCUT2D eigenvalue weighted by Gasteiger charge is -2.07. The fourth-order valence-electron chi connectivity index (χ4n) is 1.35. The molecule has 0 aliphatic rings. The second-order valence-electron chi connectivity index (χ2n) is 3.54. The monoisotopic (exact) mass is 328 g/mol. The van der Waals surface area contributed by atoms with Crippen LogP contribution in [0.3, 0.4) is 0 Å². The summed E-state index contributed by atoms with van der Waals surface area (Å²) in [7, 11) is -3.78. The van der Waals surface area contributed by atoms with Crippen LogP contribution in [-0.2, 0) is 10.0 Å². The van der Waals surface area contributed by atoms with Gasteiger partial charge < -0.3 is 5.73 Å². The van der Waals surface area contributed by atoms with Crippen molar-refractivity contribution >= 4 is 38.2 Å². The van der Waals surface area contributed by atoms with E-state index in [1.165, 1.54) is 18.3 Å². The maximum Gasteiger partial charge on any atom is 0.264 e. The van der Waals surface area contributed by atoms with E-state index in [2.05, 4.69) is 26.1 Å². The van der Waals surface area contributed by atoms with E-state index in [9.17, 15) is 8.42 Å². The summed E-state index contributed by atoms with van der Waals surface area (Å²) in [6.07, 6.45) is 1.32. The minimum Gasteiger partial charge on any atom is -0.320 e. The van der Waals surface area contributed by atoms with Gasteiger partial charge in [0.05, 0.1) is 17.8 Å². The number of nitrogens with one attached hydrogen (secondary N) is 1. The Hall–Kier alpha value is -1.66. The van der Waals surface area contributed by atoms with Gasteiger partial charge in [-0.3, -0.25) is 4.72 Å². The number of nitrogens with zero attached hydrogens (tertiary/aromatic N) is 2. The van der Waals surface area contributed by atoms with Crippen LogP contribution in [0.1, 0.15) is 5.56 Å². The van der Waals surface area contributed by atoms with Gasteiger partial charge in [-0.2, -0.15) is 0 Å². The van der Waals surface area contributed by atoms with Crippen molar-refractivity contribution in [1.82, 2.24) is 9.59 Å². The maximum absolute atomic E-state index is 12.1. The molecule has 0 unspecified atom stereocenters. The van der Waals surface area contributed by atoms with Crippen LogP contribution in [0.2, 0.25) is 5.02 Å². The third-order valence-corrected chi connectivity index (χ3v) is 4.71. The number of benzene rings is 1. The first-order chi connectivity index (χ1) is 9.53. The van der Waals surface area contributed by atoms with Gasteiger partial charge in [-0.1, -0.05) is 27.9 Å². The van der Waals surface area contributed by atoms with Crippen molar-refractivity contribution in [2.24, 2.45) is 5.73 Å². The molecule has 0 aliphatic carbocycles. The number of anilines is 1. The zero-order valence-electron chi connectivity index (χ0n) is 10.00. The molecule has 1 aromatic heterocycles. The van der Waals surface area contributed by atoms with Gasteiger partial charge in [-0.25, -0.2) is 8.42 Å². The Labute approximate surface area is 125 Å². The van der Waals surface area contributed by atoms with Crippen molar-refractivity contribution < 1.29 is 8.42 Å². The van der Waals surface area contributed by atoms with E-state index in [1.807, 2.05) is 0 Å². The fraction of sp³-hybridized carbons (Fsp3) is 0.0909. The van der Waals surface area contributed by atoms with Gasteiger partial charge in [0.25, 0.3) is 10.0 Å². The quantitative estimate of drug-likeness (QED) is 0.828. The molecule has 0 bridgehead atoms. The van der Waals surface area contributed by atoms with Gasteiger partial charge in [-0.15, -0.1) is 5.10 Å². The number of aromatic nitrogens is 2. The molecule has 104 valence electrons. The van der Waals surface area contributed by atoms with E-state index in [0.717, 1.165) is 11.5 Å². The molecular formula is C11H9ClN4O2S2. The van der Waals surface area contributed by atoms with Gasteiger partial charge in [0.15, 0.2) is 0 Å². The number of sulfonamides is 1. The summed E-state index contributed by atoms with van der Waals surface area (Å²) in [4.78, 5) is -0.0362. The molecule has 2 aromatic rings. The molecule has 1 heterocycles. The molecule has 0 aliphatic heterocycles. The van der Waals surface area contributed by atoms with Crippen LogP contribution in [0.5, 0.6) is 0 Å². The summed E-state index contributed by atoms with van der Waals surface area (Å²) in [6, 6.07) is 4.43. The van der Waals surface area contributed by atoms with Crippen LogP contribution in [0, 0.1) is 11.8 Å². The predicted molar refractivity (Wildman–Crippen MR) is 78.1 cm³/mol. The third kappa shape index (κ3) is 3.46. The Kier molecular flexibility index (Phi) is 4.57. The largest absolute Gasteiger partial charge is 0.320 e. The summed E-state index contributed by atoms with van der Waals surface area (Å²) in [5.74, 6) is 5.44. The topological polar surface area (TPSA) is 98.0 Å². The van der Waals surface area contributed by atoms with Gasteiger partial charge in [0.2, 0.25) is 0 Å². The van der Waals surface area contributed by atoms with Crippen molar-refractivity contribution in [3.63, 3.8) is 0 Å². The maximum atomic E-state index is 12.1. The van der Waals surface area contributed by atoms with Gasteiger partial charge in [0.1, 0.15) is 9.90 Å². The highest BCUT2D eigenvalue weighted by atomic mass is 35.5. The van der Waals surface area contributed by atoms with Gasteiger partial charge >= 0.3 is 0 Å². The lowest BCUT2D eigenvalue weighted by atomic mass is 10.2. The predicted octanol–water partition coefficient (Wildman–Crippen LogP) is 1.30. The molecule has 0 atom stereocenters. The molecular weight excluding hydrogens is 320 g/mol. The number of hydrogen-bond acceptors (Lipinski definition) is 6. The summed E-state index contributed by atoms with van der Waals surface area (Å²) in [5, 5.41) is 3.94. The molecule has 1 aromatic carbocycles. The number of rotatable bonds is 3. The fourth-order valence-corrected chi connectivity index (χ4v) is 3.58. The molecule has 0 saturated carbocycles. The zero-order valence-corrected chi connectivity index (χ0v) is 12.4. The second-order valence-corrected chi connectivity index (χ2v) is 6.38. The van der Waals surface area contributed by atoms with Crippen molar-refractivity contribution in [2.75, 3.05) is 11.3 Å². The van der Waals surface area contributed by atoms with Crippen molar-refractivity contribution in [3.05, 3.63) is 35.0 Å². The van der Waals surface area contributed by atoms with E-state index in [4.69, 9.17) is 17.3 Å². The lowest BCUT2D eigenvalue weighted by Crippen LogP contribution is -2.12. The summed E-state index contributed by atoms with van der Waals surface area (Å²) >= 11 is 6.92. The van der Waals surface area contributed by atoms with Gasteiger partial charge in [-0.05, 0) is 18.2 Å². The van der Waals surface area contributed by atoms with E-state index in [0.29, 0.717) is 10.6 Å². The molecule has 9 heteroatoms. The minimum atomic E-state index is -3.78. The number of hydrogen-bond donors (Lipinski definition) is 2. The Balaban J connectivity index is 2.33.